The van der Waals surface area contributed by atoms with Crippen LogP contribution >= 0.6 is 11.3 Å². The van der Waals surface area contributed by atoms with Crippen LogP contribution in [0.1, 0.15) is 55.8 Å². The van der Waals surface area contributed by atoms with Crippen molar-refractivity contribution in [2.45, 2.75) is 57.5 Å². The molecule has 5 nitrogen and oxygen atoms in total. The third-order valence-corrected chi connectivity index (χ3v) is 5.66. The molecule has 2 aliphatic rings. The molecule has 1 N–H and O–H groups in total. The van der Waals surface area contributed by atoms with Crippen molar-refractivity contribution in [3.63, 3.8) is 0 Å². The van der Waals surface area contributed by atoms with E-state index in [0.29, 0.717) is 0 Å². The van der Waals surface area contributed by atoms with Gasteiger partial charge in [0.05, 0.1) is 6.04 Å². The van der Waals surface area contributed by atoms with Crippen molar-refractivity contribution in [3.05, 3.63) is 16.1 Å². The molecule has 0 radical (unpaired) electrons. The summed E-state index contributed by atoms with van der Waals surface area (Å²) in [5.74, 6) is 0.0266. The number of carbonyl (C=O) groups is 2. The summed E-state index contributed by atoms with van der Waals surface area (Å²) in [6.07, 6.45) is 4.68. The molecule has 21 heavy (non-hydrogen) atoms. The number of aryl methyl sites for hydroxylation is 1. The molecule has 1 aromatic rings. The molecule has 1 saturated heterocycles. The smallest absolute Gasteiger partial charge is 0.249 e. The van der Waals surface area contributed by atoms with Gasteiger partial charge >= 0.3 is 0 Å². The Morgan fingerprint density at radius 1 is 1.33 bits per heavy atom. The minimum Gasteiger partial charge on any atom is -0.340 e. The molecule has 0 aromatic carbocycles. The Labute approximate surface area is 128 Å². The van der Waals surface area contributed by atoms with E-state index in [4.69, 9.17) is 0 Å². The van der Waals surface area contributed by atoms with Crippen molar-refractivity contribution in [2.24, 2.45) is 0 Å². The molecule has 1 aromatic heterocycles. The van der Waals surface area contributed by atoms with Crippen LogP contribution in [-0.2, 0) is 9.59 Å². The van der Waals surface area contributed by atoms with E-state index in [-0.39, 0.29) is 24.4 Å². The van der Waals surface area contributed by atoms with E-state index in [9.17, 15) is 9.59 Å². The minimum atomic E-state index is -0.659. The van der Waals surface area contributed by atoms with E-state index in [2.05, 4.69) is 10.3 Å². The summed E-state index contributed by atoms with van der Waals surface area (Å²) in [7, 11) is 0. The van der Waals surface area contributed by atoms with Crippen LogP contribution in [0.15, 0.2) is 5.38 Å². The lowest BCUT2D eigenvalue weighted by Crippen LogP contribution is -2.67. The number of nitrogens with zero attached hydrogens (tertiary/aromatic N) is 2. The molecule has 1 saturated carbocycles. The van der Waals surface area contributed by atoms with Crippen molar-refractivity contribution < 1.29 is 9.59 Å². The lowest BCUT2D eigenvalue weighted by atomic mass is 9.79. The Kier molecular flexibility index (Phi) is 3.73. The third-order valence-electron chi connectivity index (χ3n) is 4.53. The summed E-state index contributed by atoms with van der Waals surface area (Å²) in [6, 6.07) is -0.138. The summed E-state index contributed by atoms with van der Waals surface area (Å²) in [4.78, 5) is 31.3. The lowest BCUT2D eigenvalue weighted by Gasteiger charge is -2.45. The highest BCUT2D eigenvalue weighted by molar-refractivity contribution is 7.09. The highest BCUT2D eigenvalue weighted by atomic mass is 32.1. The predicted octanol–water partition coefficient (Wildman–Crippen LogP) is 2.17. The SMILES string of the molecule is Cc1csc(C(C)N2CC(=O)NC3(CCCCC3)C2=O)n1. The van der Waals surface area contributed by atoms with Crippen LogP contribution in [0.5, 0.6) is 0 Å². The van der Waals surface area contributed by atoms with E-state index in [1.165, 1.54) is 0 Å². The van der Waals surface area contributed by atoms with Crippen molar-refractivity contribution in [3.8, 4) is 0 Å². The number of thiazole rings is 1. The molecule has 3 rings (SSSR count). The van der Waals surface area contributed by atoms with Gasteiger partial charge in [0.1, 0.15) is 17.1 Å². The summed E-state index contributed by atoms with van der Waals surface area (Å²) >= 11 is 1.55. The van der Waals surface area contributed by atoms with Gasteiger partial charge in [-0.05, 0) is 26.7 Å². The first-order chi connectivity index (χ1) is 10.0. The van der Waals surface area contributed by atoms with Crippen LogP contribution in [0, 0.1) is 6.92 Å². The van der Waals surface area contributed by atoms with Crippen LogP contribution in [-0.4, -0.2) is 33.8 Å². The first-order valence-corrected chi connectivity index (χ1v) is 8.44. The van der Waals surface area contributed by atoms with Crippen LogP contribution in [0.4, 0.5) is 0 Å². The molecule has 1 spiro atoms. The van der Waals surface area contributed by atoms with Crippen molar-refractivity contribution in [1.29, 1.82) is 0 Å². The molecule has 2 heterocycles. The molecule has 114 valence electrons. The number of hydrogen-bond acceptors (Lipinski definition) is 4. The fraction of sp³-hybridized carbons (Fsp3) is 0.667. The summed E-state index contributed by atoms with van der Waals surface area (Å²) in [5.41, 5.74) is 0.303. The van der Waals surface area contributed by atoms with Crippen LogP contribution in [0.3, 0.4) is 0 Å². The number of amides is 2. The zero-order valence-corrected chi connectivity index (χ0v) is 13.3. The molecule has 1 aliphatic carbocycles. The molecular weight excluding hydrogens is 286 g/mol. The molecule has 2 fully saturated rings. The van der Waals surface area contributed by atoms with E-state index >= 15 is 0 Å². The topological polar surface area (TPSA) is 62.3 Å². The molecule has 1 unspecified atom stereocenters. The van der Waals surface area contributed by atoms with E-state index in [1.807, 2.05) is 19.2 Å². The molecule has 6 heteroatoms. The number of rotatable bonds is 2. The number of aromatic nitrogens is 1. The third kappa shape index (κ3) is 2.57. The van der Waals surface area contributed by atoms with Gasteiger partial charge in [-0.1, -0.05) is 19.3 Å². The average molecular weight is 307 g/mol. The fourth-order valence-corrected chi connectivity index (χ4v) is 4.23. The van der Waals surface area contributed by atoms with Crippen LogP contribution in [0.25, 0.3) is 0 Å². The summed E-state index contributed by atoms with van der Waals surface area (Å²) in [6.45, 7) is 4.05. The molecule has 0 bridgehead atoms. The fourth-order valence-electron chi connectivity index (χ4n) is 3.37. The second-order valence-electron chi connectivity index (χ2n) is 6.13. The zero-order chi connectivity index (χ0) is 15.0. The highest BCUT2D eigenvalue weighted by Crippen LogP contribution is 2.35. The maximum absolute atomic E-state index is 13.0. The molecule has 2 amide bonds. The Morgan fingerprint density at radius 2 is 2.05 bits per heavy atom. The highest BCUT2D eigenvalue weighted by Gasteiger charge is 2.48. The molecule has 1 atom stereocenters. The first kappa shape index (κ1) is 14.5. The summed E-state index contributed by atoms with van der Waals surface area (Å²) in [5, 5.41) is 5.86. The van der Waals surface area contributed by atoms with Crippen molar-refractivity contribution in [2.75, 3.05) is 6.54 Å². The van der Waals surface area contributed by atoms with Crippen molar-refractivity contribution in [1.82, 2.24) is 15.2 Å². The van der Waals surface area contributed by atoms with E-state index < -0.39 is 5.54 Å². The van der Waals surface area contributed by atoms with Crippen LogP contribution < -0.4 is 5.32 Å². The Morgan fingerprint density at radius 3 is 2.67 bits per heavy atom. The van der Waals surface area contributed by atoms with Gasteiger partial charge in [-0.15, -0.1) is 11.3 Å². The van der Waals surface area contributed by atoms with Gasteiger partial charge in [-0.25, -0.2) is 4.98 Å². The van der Waals surface area contributed by atoms with E-state index in [1.54, 1.807) is 16.2 Å². The standard InChI is InChI=1S/C15H21N3O2S/c1-10-9-21-13(16-10)11(2)18-8-12(19)17-15(14(18)20)6-4-3-5-7-15/h9,11H,3-8H2,1-2H3,(H,17,19). The normalized spacial score (nSPS) is 23.2. The second-order valence-corrected chi connectivity index (χ2v) is 7.02. The van der Waals surface area contributed by atoms with Gasteiger partial charge in [-0.3, -0.25) is 9.59 Å². The van der Waals surface area contributed by atoms with Gasteiger partial charge in [0.15, 0.2) is 0 Å². The predicted molar refractivity (Wildman–Crippen MR) is 80.9 cm³/mol. The second kappa shape index (κ2) is 5.40. The van der Waals surface area contributed by atoms with Crippen molar-refractivity contribution >= 4 is 23.2 Å². The maximum Gasteiger partial charge on any atom is 0.249 e. The van der Waals surface area contributed by atoms with Gasteiger partial charge in [-0.2, -0.15) is 0 Å². The lowest BCUT2D eigenvalue weighted by molar-refractivity contribution is -0.153. The van der Waals surface area contributed by atoms with Gasteiger partial charge in [0.25, 0.3) is 0 Å². The maximum atomic E-state index is 13.0. The average Bonchev–Trinajstić information content (AvgIpc) is 2.90. The Bertz CT molecular complexity index is 563. The van der Waals surface area contributed by atoms with E-state index in [0.717, 1.165) is 42.8 Å². The van der Waals surface area contributed by atoms with Gasteiger partial charge in [0.2, 0.25) is 11.8 Å². The molecular formula is C15H21N3O2S. The minimum absolute atomic E-state index is 0.0448. The number of hydrogen-bond donors (Lipinski definition) is 1. The Balaban J connectivity index is 1.87. The molecule has 1 aliphatic heterocycles. The monoisotopic (exact) mass is 307 g/mol. The largest absolute Gasteiger partial charge is 0.340 e. The zero-order valence-electron chi connectivity index (χ0n) is 12.5. The first-order valence-electron chi connectivity index (χ1n) is 7.56. The Hall–Kier alpha value is -1.43. The van der Waals surface area contributed by atoms with Gasteiger partial charge in [0, 0.05) is 11.1 Å². The number of nitrogens with one attached hydrogen (secondary N) is 1. The van der Waals surface area contributed by atoms with Crippen LogP contribution in [0.2, 0.25) is 0 Å². The summed E-state index contributed by atoms with van der Waals surface area (Å²) < 4.78 is 0. The quantitative estimate of drug-likeness (QED) is 0.911. The number of piperazine rings is 1. The number of carbonyl (C=O) groups excluding carboxylic acids is 2. The van der Waals surface area contributed by atoms with Gasteiger partial charge < -0.3 is 10.2 Å².